The number of nitro groups is 1. The Morgan fingerprint density at radius 2 is 2.29 bits per heavy atom. The second-order valence-corrected chi connectivity index (χ2v) is 2.84. The van der Waals surface area contributed by atoms with Gasteiger partial charge in [-0.3, -0.25) is 10.1 Å². The zero-order valence-corrected chi connectivity index (χ0v) is 7.60. The molecule has 74 valence electrons. The molecule has 0 radical (unpaired) electrons. The summed E-state index contributed by atoms with van der Waals surface area (Å²) in [7, 11) is 0. The molecule has 0 aromatic heterocycles. The van der Waals surface area contributed by atoms with Crippen molar-refractivity contribution in [2.24, 2.45) is 10.9 Å². The molecule has 0 bridgehead atoms. The highest BCUT2D eigenvalue weighted by Gasteiger charge is 2.16. The molecule has 0 saturated carbocycles. The first-order valence-corrected chi connectivity index (χ1v) is 3.86. The number of nitrogens with zero attached hydrogens (tertiary/aromatic N) is 2. The maximum atomic E-state index is 10.5. The molecule has 1 aromatic carbocycles. The number of benzene rings is 1. The van der Waals surface area contributed by atoms with E-state index in [2.05, 4.69) is 5.16 Å². The zero-order valence-electron chi connectivity index (χ0n) is 6.85. The largest absolute Gasteiger partial charge is 0.409 e. The Bertz CT molecular complexity index is 405. The van der Waals surface area contributed by atoms with E-state index in [-0.39, 0.29) is 22.1 Å². The highest BCUT2D eigenvalue weighted by Crippen LogP contribution is 2.22. The smallest absolute Gasteiger partial charge is 0.280 e. The van der Waals surface area contributed by atoms with Crippen LogP contribution < -0.4 is 5.73 Å². The molecular weight excluding hydrogens is 210 g/mol. The molecular formula is C7H6ClN3O3. The molecule has 1 rings (SSSR count). The van der Waals surface area contributed by atoms with Crippen molar-refractivity contribution in [1.82, 2.24) is 0 Å². The third-order valence-corrected chi connectivity index (χ3v) is 1.77. The van der Waals surface area contributed by atoms with Crippen LogP contribution in [0, 0.1) is 10.1 Å². The Labute approximate surface area is 83.7 Å². The predicted octanol–water partition coefficient (Wildman–Crippen LogP) is 1.34. The second kappa shape index (κ2) is 3.93. The number of hydrogen-bond acceptors (Lipinski definition) is 4. The Hall–Kier alpha value is -1.82. The van der Waals surface area contributed by atoms with Gasteiger partial charge in [-0.05, 0) is 12.1 Å². The van der Waals surface area contributed by atoms with Gasteiger partial charge in [-0.1, -0.05) is 16.8 Å². The summed E-state index contributed by atoms with van der Waals surface area (Å²) >= 11 is 5.61. The van der Waals surface area contributed by atoms with Gasteiger partial charge >= 0.3 is 0 Å². The molecule has 3 N–H and O–H groups in total. The van der Waals surface area contributed by atoms with Crippen LogP contribution in [0.3, 0.4) is 0 Å². The quantitative estimate of drug-likeness (QED) is 0.256. The maximum absolute atomic E-state index is 10.5. The Kier molecular flexibility index (Phi) is 2.88. The molecule has 0 aliphatic rings. The van der Waals surface area contributed by atoms with Crippen molar-refractivity contribution in [3.05, 3.63) is 38.9 Å². The predicted molar refractivity (Wildman–Crippen MR) is 50.6 cm³/mol. The number of rotatable bonds is 2. The van der Waals surface area contributed by atoms with E-state index in [1.807, 2.05) is 0 Å². The molecule has 0 aliphatic heterocycles. The molecule has 0 aliphatic carbocycles. The third-order valence-electron chi connectivity index (χ3n) is 1.54. The Morgan fingerprint density at radius 1 is 1.64 bits per heavy atom. The van der Waals surface area contributed by atoms with Crippen molar-refractivity contribution in [1.29, 1.82) is 0 Å². The van der Waals surface area contributed by atoms with Crippen LogP contribution in [-0.2, 0) is 0 Å². The monoisotopic (exact) mass is 215 g/mol. The van der Waals surface area contributed by atoms with Gasteiger partial charge in [-0.15, -0.1) is 0 Å². The summed E-state index contributed by atoms with van der Waals surface area (Å²) in [5.41, 5.74) is 4.97. The van der Waals surface area contributed by atoms with Crippen molar-refractivity contribution >= 4 is 23.1 Å². The summed E-state index contributed by atoms with van der Waals surface area (Å²) in [6.45, 7) is 0. The molecule has 7 heteroatoms. The van der Waals surface area contributed by atoms with Crippen molar-refractivity contribution in [2.75, 3.05) is 0 Å². The van der Waals surface area contributed by atoms with Gasteiger partial charge in [0.2, 0.25) is 0 Å². The van der Waals surface area contributed by atoms with Crippen molar-refractivity contribution in [3.8, 4) is 0 Å². The lowest BCUT2D eigenvalue weighted by Gasteiger charge is -2.00. The average molecular weight is 216 g/mol. The standard InChI is InChI=1S/C7H6ClN3O3/c8-4-1-2-6(11(13)14)5(3-4)7(9)10-12/h1-3,12H,(H2,9,10). The van der Waals surface area contributed by atoms with Crippen LogP contribution in [0.2, 0.25) is 5.02 Å². The number of nitrogens with two attached hydrogens (primary N) is 1. The SMILES string of the molecule is NC(=NO)c1cc(Cl)ccc1[N+](=O)[O-]. The van der Waals surface area contributed by atoms with E-state index in [0.29, 0.717) is 0 Å². The molecule has 0 unspecified atom stereocenters. The van der Waals surface area contributed by atoms with Gasteiger partial charge in [0.1, 0.15) is 0 Å². The fourth-order valence-corrected chi connectivity index (χ4v) is 1.10. The van der Waals surface area contributed by atoms with Gasteiger partial charge in [0.15, 0.2) is 5.84 Å². The molecule has 0 fully saturated rings. The lowest BCUT2D eigenvalue weighted by atomic mass is 10.1. The first-order valence-electron chi connectivity index (χ1n) is 3.48. The summed E-state index contributed by atoms with van der Waals surface area (Å²) in [6, 6.07) is 3.80. The van der Waals surface area contributed by atoms with Gasteiger partial charge in [0.05, 0.1) is 10.5 Å². The normalized spacial score (nSPS) is 11.4. The van der Waals surface area contributed by atoms with E-state index in [0.717, 1.165) is 0 Å². The van der Waals surface area contributed by atoms with Crippen LogP contribution in [0.15, 0.2) is 23.4 Å². The molecule has 14 heavy (non-hydrogen) atoms. The number of nitro benzene ring substituents is 1. The minimum absolute atomic E-state index is 0.00926. The van der Waals surface area contributed by atoms with E-state index >= 15 is 0 Å². The Morgan fingerprint density at radius 3 is 2.79 bits per heavy atom. The highest BCUT2D eigenvalue weighted by molar-refractivity contribution is 6.31. The number of hydrogen-bond donors (Lipinski definition) is 2. The van der Waals surface area contributed by atoms with Crippen LogP contribution >= 0.6 is 11.6 Å². The fourth-order valence-electron chi connectivity index (χ4n) is 0.926. The number of oxime groups is 1. The summed E-state index contributed by atoms with van der Waals surface area (Å²) in [6.07, 6.45) is 0. The highest BCUT2D eigenvalue weighted by atomic mass is 35.5. The minimum Gasteiger partial charge on any atom is -0.409 e. The van der Waals surface area contributed by atoms with Crippen LogP contribution in [0.5, 0.6) is 0 Å². The molecule has 0 atom stereocenters. The number of halogens is 1. The molecule has 0 spiro atoms. The topological polar surface area (TPSA) is 102 Å². The molecule has 1 aromatic rings. The lowest BCUT2D eigenvalue weighted by molar-refractivity contribution is -0.385. The van der Waals surface area contributed by atoms with E-state index < -0.39 is 4.92 Å². The van der Waals surface area contributed by atoms with E-state index in [9.17, 15) is 10.1 Å². The minimum atomic E-state index is -0.635. The molecule has 0 amide bonds. The molecule has 0 saturated heterocycles. The number of amidine groups is 1. The van der Waals surface area contributed by atoms with Crippen LogP contribution in [0.4, 0.5) is 5.69 Å². The lowest BCUT2D eigenvalue weighted by Crippen LogP contribution is -2.15. The Balaban J connectivity index is 3.37. The van der Waals surface area contributed by atoms with Gasteiger partial charge in [-0.2, -0.15) is 0 Å². The zero-order chi connectivity index (χ0) is 10.7. The van der Waals surface area contributed by atoms with Crippen LogP contribution in [-0.4, -0.2) is 16.0 Å². The average Bonchev–Trinajstić information content (AvgIpc) is 2.16. The summed E-state index contributed by atoms with van der Waals surface area (Å²) in [5.74, 6) is -0.348. The molecule has 6 nitrogen and oxygen atoms in total. The van der Waals surface area contributed by atoms with Crippen molar-refractivity contribution < 1.29 is 10.1 Å². The van der Waals surface area contributed by atoms with Crippen molar-refractivity contribution in [2.45, 2.75) is 0 Å². The van der Waals surface area contributed by atoms with E-state index in [1.165, 1.54) is 18.2 Å². The first kappa shape index (κ1) is 10.3. The first-order chi connectivity index (χ1) is 6.56. The van der Waals surface area contributed by atoms with E-state index in [1.54, 1.807) is 0 Å². The second-order valence-electron chi connectivity index (χ2n) is 2.40. The summed E-state index contributed by atoms with van der Waals surface area (Å²) in [4.78, 5) is 9.89. The summed E-state index contributed by atoms with van der Waals surface area (Å²) in [5, 5.41) is 21.9. The summed E-state index contributed by atoms with van der Waals surface area (Å²) < 4.78 is 0. The van der Waals surface area contributed by atoms with Crippen molar-refractivity contribution in [3.63, 3.8) is 0 Å². The maximum Gasteiger partial charge on any atom is 0.280 e. The third kappa shape index (κ3) is 1.91. The van der Waals surface area contributed by atoms with Gasteiger partial charge in [-0.25, -0.2) is 0 Å². The van der Waals surface area contributed by atoms with Gasteiger partial charge < -0.3 is 10.9 Å². The van der Waals surface area contributed by atoms with Crippen LogP contribution in [0.1, 0.15) is 5.56 Å². The van der Waals surface area contributed by atoms with Gasteiger partial charge in [0.25, 0.3) is 5.69 Å². The fraction of sp³-hybridized carbons (Fsp3) is 0. The van der Waals surface area contributed by atoms with E-state index in [4.69, 9.17) is 22.5 Å². The van der Waals surface area contributed by atoms with Crippen LogP contribution in [0.25, 0.3) is 0 Å². The van der Waals surface area contributed by atoms with Gasteiger partial charge in [0, 0.05) is 11.1 Å². The molecule has 0 heterocycles.